The number of esters is 1. The molecule has 0 saturated carbocycles. The number of methoxy groups -OCH3 is 1. The number of carbonyl (C=O) groups excluding carboxylic acids is 2. The lowest BCUT2D eigenvalue weighted by Gasteiger charge is -2.08. The highest BCUT2D eigenvalue weighted by atomic mass is 32.2. The van der Waals surface area contributed by atoms with Crippen LogP contribution in [-0.4, -0.2) is 25.1 Å². The molecule has 2 aromatic carbocycles. The lowest BCUT2D eigenvalue weighted by Crippen LogP contribution is -2.10. The molecule has 0 saturated heterocycles. The number of carbonyl (C=O) groups is 2. The van der Waals surface area contributed by atoms with Crippen LogP contribution in [0.25, 0.3) is 11.0 Å². The summed E-state index contributed by atoms with van der Waals surface area (Å²) in [6.45, 7) is -0.0795. The summed E-state index contributed by atoms with van der Waals surface area (Å²) >= 11 is 1.59. The summed E-state index contributed by atoms with van der Waals surface area (Å²) in [5.74, 6) is -0.0691. The zero-order valence-electron chi connectivity index (χ0n) is 16.1. The van der Waals surface area contributed by atoms with E-state index in [-0.39, 0.29) is 25.2 Å². The second-order valence-electron chi connectivity index (χ2n) is 6.27. The summed E-state index contributed by atoms with van der Waals surface area (Å²) in [6.07, 6.45) is 1.99. The summed E-state index contributed by atoms with van der Waals surface area (Å²) in [5.41, 5.74) is 0.912. The van der Waals surface area contributed by atoms with Gasteiger partial charge in [-0.25, -0.2) is 4.79 Å². The average molecular weight is 412 g/mol. The Morgan fingerprint density at radius 2 is 1.79 bits per heavy atom. The van der Waals surface area contributed by atoms with E-state index in [9.17, 15) is 14.4 Å². The first kappa shape index (κ1) is 20.7. The van der Waals surface area contributed by atoms with Crippen molar-refractivity contribution in [2.45, 2.75) is 24.3 Å². The Bertz CT molecular complexity index is 1080. The van der Waals surface area contributed by atoms with Crippen molar-refractivity contribution < 1.29 is 23.5 Å². The summed E-state index contributed by atoms with van der Waals surface area (Å²) in [6, 6.07) is 13.6. The standard InChI is InChI=1S/C22H20O6S/c1-26-16-5-8-18-15(11-22(25)28-20(18)12-16)13-27-21(24)10-9-19(23)14-3-6-17(29-2)7-4-14/h3-8,11-12H,9-10,13H2,1-2H3. The third kappa shape index (κ3) is 5.26. The first-order valence-corrected chi connectivity index (χ1v) is 10.2. The fourth-order valence-electron chi connectivity index (χ4n) is 2.82. The van der Waals surface area contributed by atoms with Gasteiger partial charge in [0.1, 0.15) is 17.9 Å². The minimum Gasteiger partial charge on any atom is -0.497 e. The van der Waals surface area contributed by atoms with Gasteiger partial charge in [-0.2, -0.15) is 0 Å². The average Bonchev–Trinajstić information content (AvgIpc) is 2.75. The third-order valence-corrected chi connectivity index (χ3v) is 5.14. The van der Waals surface area contributed by atoms with Crippen LogP contribution in [0.2, 0.25) is 0 Å². The molecule has 0 N–H and O–H groups in total. The van der Waals surface area contributed by atoms with Gasteiger partial charge in [-0.15, -0.1) is 11.8 Å². The van der Waals surface area contributed by atoms with E-state index in [1.54, 1.807) is 42.1 Å². The Morgan fingerprint density at radius 1 is 1.03 bits per heavy atom. The fourth-order valence-corrected chi connectivity index (χ4v) is 3.23. The molecule has 0 atom stereocenters. The molecule has 0 aliphatic heterocycles. The zero-order valence-corrected chi connectivity index (χ0v) is 16.9. The van der Waals surface area contributed by atoms with Crippen LogP contribution < -0.4 is 10.4 Å². The summed E-state index contributed by atoms with van der Waals surface area (Å²) in [5, 5.41) is 0.656. The second kappa shape index (κ2) is 9.43. The Labute approximate surface area is 171 Å². The predicted molar refractivity (Wildman–Crippen MR) is 111 cm³/mol. The summed E-state index contributed by atoms with van der Waals surface area (Å²) in [7, 11) is 1.52. The van der Waals surface area contributed by atoms with E-state index in [1.807, 2.05) is 18.4 Å². The molecule has 6 nitrogen and oxygen atoms in total. The van der Waals surface area contributed by atoms with Crippen LogP contribution >= 0.6 is 11.8 Å². The van der Waals surface area contributed by atoms with Crippen molar-refractivity contribution in [3.63, 3.8) is 0 Å². The van der Waals surface area contributed by atoms with Crippen molar-refractivity contribution in [1.29, 1.82) is 0 Å². The van der Waals surface area contributed by atoms with Gasteiger partial charge in [0.2, 0.25) is 0 Å². The van der Waals surface area contributed by atoms with E-state index in [0.29, 0.717) is 27.8 Å². The molecule has 0 radical (unpaired) electrons. The van der Waals surface area contributed by atoms with Gasteiger partial charge in [-0.1, -0.05) is 12.1 Å². The summed E-state index contributed by atoms with van der Waals surface area (Å²) < 4.78 is 15.6. The molecule has 0 bridgehead atoms. The van der Waals surface area contributed by atoms with Crippen LogP contribution in [0.1, 0.15) is 28.8 Å². The van der Waals surface area contributed by atoms with Crippen molar-refractivity contribution >= 4 is 34.5 Å². The highest BCUT2D eigenvalue weighted by Crippen LogP contribution is 2.23. The number of rotatable bonds is 8. The van der Waals surface area contributed by atoms with Crippen molar-refractivity contribution in [1.82, 2.24) is 0 Å². The molecule has 3 rings (SSSR count). The van der Waals surface area contributed by atoms with Crippen LogP contribution in [0.3, 0.4) is 0 Å². The smallest absolute Gasteiger partial charge is 0.336 e. The number of thioether (sulfide) groups is 1. The number of hydrogen-bond donors (Lipinski definition) is 0. The monoisotopic (exact) mass is 412 g/mol. The summed E-state index contributed by atoms with van der Waals surface area (Å²) in [4.78, 5) is 37.1. The van der Waals surface area contributed by atoms with Crippen molar-refractivity contribution in [2.75, 3.05) is 13.4 Å². The molecule has 3 aromatic rings. The maximum absolute atomic E-state index is 12.2. The molecule has 1 aromatic heterocycles. The van der Waals surface area contributed by atoms with E-state index in [0.717, 1.165) is 4.90 Å². The molecular formula is C22H20O6S. The van der Waals surface area contributed by atoms with E-state index in [2.05, 4.69) is 0 Å². The largest absolute Gasteiger partial charge is 0.497 e. The SMILES string of the molecule is COc1ccc2c(COC(=O)CCC(=O)c3ccc(SC)cc3)cc(=O)oc2c1. The Kier molecular flexibility index (Phi) is 6.72. The molecule has 7 heteroatoms. The van der Waals surface area contributed by atoms with Crippen LogP contribution in [-0.2, 0) is 16.1 Å². The van der Waals surface area contributed by atoms with Gasteiger partial charge in [0, 0.05) is 40.0 Å². The Hall–Kier alpha value is -3.06. The molecule has 0 unspecified atom stereocenters. The first-order chi connectivity index (χ1) is 14.0. The molecule has 0 spiro atoms. The number of ether oxygens (including phenoxy) is 2. The fraction of sp³-hybridized carbons (Fsp3) is 0.227. The van der Waals surface area contributed by atoms with Crippen LogP contribution in [0.15, 0.2) is 62.6 Å². The van der Waals surface area contributed by atoms with Crippen molar-refractivity contribution in [2.24, 2.45) is 0 Å². The minimum absolute atomic E-state index is 0.0314. The van der Waals surface area contributed by atoms with Gasteiger partial charge in [0.15, 0.2) is 5.78 Å². The van der Waals surface area contributed by atoms with Gasteiger partial charge in [0.05, 0.1) is 13.5 Å². The predicted octanol–water partition coefficient (Wildman–Crippen LogP) is 4.23. The molecule has 0 aliphatic carbocycles. The van der Waals surface area contributed by atoms with Crippen molar-refractivity contribution in [3.8, 4) is 5.75 Å². The van der Waals surface area contributed by atoms with Gasteiger partial charge < -0.3 is 13.9 Å². The highest BCUT2D eigenvalue weighted by molar-refractivity contribution is 7.98. The van der Waals surface area contributed by atoms with Crippen LogP contribution in [0.5, 0.6) is 5.75 Å². The van der Waals surface area contributed by atoms with Gasteiger partial charge in [-0.3, -0.25) is 9.59 Å². The second-order valence-corrected chi connectivity index (χ2v) is 7.14. The molecule has 0 amide bonds. The zero-order chi connectivity index (χ0) is 20.8. The normalized spacial score (nSPS) is 10.7. The first-order valence-electron chi connectivity index (χ1n) is 8.94. The van der Waals surface area contributed by atoms with E-state index >= 15 is 0 Å². The van der Waals surface area contributed by atoms with E-state index in [1.165, 1.54) is 13.2 Å². The number of fused-ring (bicyclic) bond motifs is 1. The number of benzene rings is 2. The van der Waals surface area contributed by atoms with Crippen molar-refractivity contribution in [3.05, 3.63) is 70.1 Å². The van der Waals surface area contributed by atoms with E-state index < -0.39 is 11.6 Å². The molecule has 0 aliphatic rings. The highest BCUT2D eigenvalue weighted by Gasteiger charge is 2.13. The van der Waals surface area contributed by atoms with Gasteiger partial charge >= 0.3 is 11.6 Å². The topological polar surface area (TPSA) is 82.8 Å². The number of Topliss-reactive ketones (excluding diaryl/α,β-unsaturated/α-hetero) is 1. The van der Waals surface area contributed by atoms with Crippen LogP contribution in [0.4, 0.5) is 0 Å². The Balaban J connectivity index is 1.60. The van der Waals surface area contributed by atoms with Gasteiger partial charge in [-0.05, 0) is 30.5 Å². The number of hydrogen-bond acceptors (Lipinski definition) is 7. The molecule has 150 valence electrons. The quantitative estimate of drug-likeness (QED) is 0.237. The molecular weight excluding hydrogens is 392 g/mol. The third-order valence-electron chi connectivity index (χ3n) is 4.39. The number of ketones is 1. The Morgan fingerprint density at radius 3 is 2.48 bits per heavy atom. The van der Waals surface area contributed by atoms with Gasteiger partial charge in [0.25, 0.3) is 0 Å². The maximum Gasteiger partial charge on any atom is 0.336 e. The van der Waals surface area contributed by atoms with E-state index in [4.69, 9.17) is 13.9 Å². The minimum atomic E-state index is -0.541. The lowest BCUT2D eigenvalue weighted by atomic mass is 10.1. The maximum atomic E-state index is 12.2. The molecule has 1 heterocycles. The lowest BCUT2D eigenvalue weighted by molar-refractivity contribution is -0.144. The molecule has 29 heavy (non-hydrogen) atoms. The molecule has 0 fully saturated rings. The van der Waals surface area contributed by atoms with Crippen LogP contribution in [0, 0.1) is 0 Å².